The number of methoxy groups -OCH3 is 2. The van der Waals surface area contributed by atoms with Crippen LogP contribution in [-0.2, 0) is 47.6 Å². The van der Waals surface area contributed by atoms with E-state index in [1.165, 1.54) is 18.2 Å². The van der Waals surface area contributed by atoms with Crippen molar-refractivity contribution >= 4 is 48.3 Å². The Morgan fingerprint density at radius 3 is 1.10 bits per heavy atom. The van der Waals surface area contributed by atoms with Crippen molar-refractivity contribution in [2.24, 2.45) is 0 Å². The molecule has 17 nitrogen and oxygen atoms in total. The van der Waals surface area contributed by atoms with E-state index in [9.17, 15) is 24.0 Å². The summed E-state index contributed by atoms with van der Waals surface area (Å²) in [4.78, 5) is 68.0. The van der Waals surface area contributed by atoms with E-state index < -0.39 is 66.8 Å². The molecule has 0 heterocycles. The Morgan fingerprint density at radius 2 is 0.792 bits per heavy atom. The molecule has 0 spiro atoms. The predicted octanol–water partition coefficient (Wildman–Crippen LogP) is 8.74. The summed E-state index contributed by atoms with van der Waals surface area (Å²) < 4.78 is 67.5. The zero-order valence-corrected chi connectivity index (χ0v) is 40.2. The van der Waals surface area contributed by atoms with Crippen LogP contribution < -0.4 is 28.4 Å². The van der Waals surface area contributed by atoms with Gasteiger partial charge in [0.25, 0.3) is 0 Å². The van der Waals surface area contributed by atoms with Crippen molar-refractivity contribution in [1.29, 1.82) is 0 Å². The summed E-state index contributed by atoms with van der Waals surface area (Å²) in [5.41, 5.74) is -0.892. The van der Waals surface area contributed by atoms with Crippen molar-refractivity contribution in [2.75, 3.05) is 53.9 Å². The first-order valence-corrected chi connectivity index (χ1v) is 22.2. The highest BCUT2D eigenvalue weighted by molar-refractivity contribution is 5.90. The molecule has 4 rings (SSSR count). The summed E-state index contributed by atoms with van der Waals surface area (Å²) in [7, 11) is 2.04. The highest BCUT2D eigenvalue weighted by atomic mass is 16.7. The molecule has 2 atom stereocenters. The minimum absolute atomic E-state index is 0.154. The Bertz CT molecular complexity index is 2410. The number of carbonyl (C=O) groups excluding carboxylic acids is 5. The first-order valence-electron chi connectivity index (χ1n) is 22.2. The Morgan fingerprint density at radius 1 is 0.472 bits per heavy atom. The standard InChI is InChI=1S/C55H58O17/c1-9-27-63-41-21-15-38(33-44(41)66-30-12-4)18-24-49(56)69-47-36-55(53(59)61-7,72-54(60)62-8)37-48(70-50(57)25-19-39-16-22-42(64-28-10-2)45(34-39)67-31-13-5)52(47)71-51(58)26-20-40-17-23-43(65-29-11-3)46(35-40)68-32-14-6/h9-26,33-35,47-48,52H,1-6,27-32,36-37H2,7-8H3/b24-18+,25-19+,26-20+/t47-,48-,52?,55?/m1/s1. The maximum absolute atomic E-state index is 13.8. The molecule has 1 fully saturated rings. The van der Waals surface area contributed by atoms with Crippen molar-refractivity contribution in [1.82, 2.24) is 0 Å². The van der Waals surface area contributed by atoms with Crippen LogP contribution in [0.5, 0.6) is 34.5 Å². The number of ether oxygens (including phenoxy) is 12. The third kappa shape index (κ3) is 17.0. The van der Waals surface area contributed by atoms with E-state index in [1.54, 1.807) is 91.1 Å². The first kappa shape index (κ1) is 55.9. The molecule has 3 aromatic rings. The molecule has 0 aromatic heterocycles. The fraction of sp³-hybridized carbons (Fsp3) is 0.255. The summed E-state index contributed by atoms with van der Waals surface area (Å²) in [6, 6.07) is 14.7. The molecule has 17 heteroatoms. The fourth-order valence-corrected chi connectivity index (χ4v) is 6.77. The van der Waals surface area contributed by atoms with Crippen molar-refractivity contribution < 1.29 is 80.8 Å². The van der Waals surface area contributed by atoms with Gasteiger partial charge in [-0.25, -0.2) is 24.0 Å². The van der Waals surface area contributed by atoms with Crippen LogP contribution in [0, 0.1) is 0 Å². The van der Waals surface area contributed by atoms with Crippen molar-refractivity contribution in [3.8, 4) is 34.5 Å². The summed E-state index contributed by atoms with van der Waals surface area (Å²) in [6.07, 6.45) is 9.17. The Balaban J connectivity index is 1.77. The van der Waals surface area contributed by atoms with E-state index in [1.807, 2.05) is 0 Å². The average molecular weight is 991 g/mol. The lowest BCUT2D eigenvalue weighted by atomic mass is 9.79. The summed E-state index contributed by atoms with van der Waals surface area (Å²) in [5, 5.41) is 0. The first-order chi connectivity index (χ1) is 34.8. The van der Waals surface area contributed by atoms with E-state index in [2.05, 4.69) is 39.5 Å². The number of esters is 4. The Kier molecular flexibility index (Phi) is 22.8. The second-order valence-electron chi connectivity index (χ2n) is 15.0. The molecule has 0 unspecified atom stereocenters. The molecule has 3 aromatic carbocycles. The van der Waals surface area contributed by atoms with Gasteiger partial charge in [-0.2, -0.15) is 0 Å². The molecular weight excluding hydrogens is 933 g/mol. The van der Waals surface area contributed by atoms with Crippen LogP contribution in [0.25, 0.3) is 18.2 Å². The molecule has 0 aliphatic heterocycles. The molecule has 0 N–H and O–H groups in total. The minimum atomic E-state index is -2.32. The molecule has 72 heavy (non-hydrogen) atoms. The van der Waals surface area contributed by atoms with Crippen LogP contribution >= 0.6 is 0 Å². The van der Waals surface area contributed by atoms with Gasteiger partial charge in [0.05, 0.1) is 14.2 Å². The Labute approximate surface area is 418 Å². The van der Waals surface area contributed by atoms with Gasteiger partial charge in [-0.15, -0.1) is 0 Å². The van der Waals surface area contributed by atoms with E-state index in [-0.39, 0.29) is 39.6 Å². The van der Waals surface area contributed by atoms with Gasteiger partial charge in [0.1, 0.15) is 51.8 Å². The maximum Gasteiger partial charge on any atom is 0.509 e. The van der Waals surface area contributed by atoms with Crippen LogP contribution in [0.15, 0.2) is 149 Å². The average Bonchev–Trinajstić information content (AvgIpc) is 3.38. The molecule has 1 aliphatic rings. The highest BCUT2D eigenvalue weighted by Gasteiger charge is 2.58. The van der Waals surface area contributed by atoms with Gasteiger partial charge >= 0.3 is 30.0 Å². The largest absolute Gasteiger partial charge is 0.509 e. The van der Waals surface area contributed by atoms with Gasteiger partial charge in [0, 0.05) is 31.1 Å². The molecule has 380 valence electrons. The number of carbonyl (C=O) groups is 5. The highest BCUT2D eigenvalue weighted by Crippen LogP contribution is 2.39. The second kappa shape index (κ2) is 29.3. The predicted molar refractivity (Wildman–Crippen MR) is 268 cm³/mol. The molecule has 1 saturated carbocycles. The quantitative estimate of drug-likeness (QED) is 0.0277. The topological polar surface area (TPSA) is 196 Å². The zero-order chi connectivity index (χ0) is 52.3. The summed E-state index contributed by atoms with van der Waals surface area (Å²) in [5.74, 6) is -1.90. The van der Waals surface area contributed by atoms with Gasteiger partial charge in [0.2, 0.25) is 5.60 Å². The number of rotatable bonds is 29. The van der Waals surface area contributed by atoms with Crippen molar-refractivity contribution in [2.45, 2.75) is 36.8 Å². The normalized spacial score (nSPS) is 17.1. The lowest BCUT2D eigenvalue weighted by Gasteiger charge is -2.43. The van der Waals surface area contributed by atoms with Gasteiger partial charge in [0.15, 0.2) is 40.6 Å². The fourth-order valence-electron chi connectivity index (χ4n) is 6.77. The second-order valence-corrected chi connectivity index (χ2v) is 15.0. The maximum atomic E-state index is 13.8. The van der Waals surface area contributed by atoms with Crippen LogP contribution in [0.4, 0.5) is 4.79 Å². The van der Waals surface area contributed by atoms with Crippen LogP contribution in [-0.4, -0.2) is 108 Å². The van der Waals surface area contributed by atoms with E-state index in [0.29, 0.717) is 51.2 Å². The smallest absolute Gasteiger partial charge is 0.486 e. The van der Waals surface area contributed by atoms with Crippen molar-refractivity contribution in [3.05, 3.63) is 165 Å². The third-order valence-electron chi connectivity index (χ3n) is 9.86. The SMILES string of the molecule is C=CCOc1ccc(/C=C/C(=O)OC2[C@H](OC(=O)/C=C/c3ccc(OCC=C)c(OCC=C)c3)CC(OC(=O)OC)(C(=O)OC)C[C@H]2OC(=O)/C=C/c2ccc(OCC=C)c(OCC=C)c2)cc1OCC=C. The number of benzene rings is 3. The molecule has 1 aliphatic carbocycles. The van der Waals surface area contributed by atoms with Gasteiger partial charge in [-0.1, -0.05) is 94.1 Å². The molecule has 0 amide bonds. The number of hydrogen-bond acceptors (Lipinski definition) is 17. The van der Waals surface area contributed by atoms with Gasteiger partial charge in [-0.05, 0) is 71.3 Å². The summed E-state index contributed by atoms with van der Waals surface area (Å²) >= 11 is 0. The monoisotopic (exact) mass is 990 g/mol. The molecular formula is C55H58O17. The molecule has 0 saturated heterocycles. The van der Waals surface area contributed by atoms with Crippen LogP contribution in [0.1, 0.15) is 29.5 Å². The third-order valence-corrected chi connectivity index (χ3v) is 9.86. The summed E-state index contributed by atoms with van der Waals surface area (Å²) in [6.45, 7) is 23.1. The van der Waals surface area contributed by atoms with Crippen molar-refractivity contribution in [3.63, 3.8) is 0 Å². The van der Waals surface area contributed by atoms with Gasteiger partial charge in [-0.3, -0.25) is 0 Å². The minimum Gasteiger partial charge on any atom is -0.486 e. The van der Waals surface area contributed by atoms with E-state index >= 15 is 0 Å². The molecule has 0 bridgehead atoms. The lowest BCUT2D eigenvalue weighted by Crippen LogP contribution is -2.61. The van der Waals surface area contributed by atoms with Crippen LogP contribution in [0.2, 0.25) is 0 Å². The van der Waals surface area contributed by atoms with Crippen LogP contribution in [0.3, 0.4) is 0 Å². The Hall–Kier alpha value is -8.73. The zero-order valence-electron chi connectivity index (χ0n) is 40.2. The van der Waals surface area contributed by atoms with Gasteiger partial charge < -0.3 is 56.8 Å². The lowest BCUT2D eigenvalue weighted by molar-refractivity contribution is -0.214. The molecule has 0 radical (unpaired) electrons. The van der Waals surface area contributed by atoms with E-state index in [0.717, 1.165) is 32.4 Å². The number of hydrogen-bond donors (Lipinski definition) is 0. The van der Waals surface area contributed by atoms with E-state index in [4.69, 9.17) is 56.8 Å².